The molecule has 35 heavy (non-hydrogen) atoms. The Balaban J connectivity index is 1.68. The first kappa shape index (κ1) is 24.1. The molecule has 0 unspecified atom stereocenters. The third-order valence-electron chi connectivity index (χ3n) is 5.13. The molecule has 0 radical (unpaired) electrons. The van der Waals surface area contributed by atoms with Gasteiger partial charge in [0.1, 0.15) is 24.2 Å². The Morgan fingerprint density at radius 1 is 1.14 bits per heavy atom. The van der Waals surface area contributed by atoms with Crippen molar-refractivity contribution in [1.29, 1.82) is 5.26 Å². The molecule has 9 heteroatoms. The van der Waals surface area contributed by atoms with Crippen LogP contribution in [-0.2, 0) is 6.42 Å². The highest BCUT2D eigenvalue weighted by atomic mass is 32.1. The summed E-state index contributed by atoms with van der Waals surface area (Å²) in [6, 6.07) is 15.1. The van der Waals surface area contributed by atoms with Crippen molar-refractivity contribution in [2.24, 2.45) is 0 Å². The molecule has 2 aromatic carbocycles. The average molecular weight is 488 g/mol. The summed E-state index contributed by atoms with van der Waals surface area (Å²) in [7, 11) is 1.66. The maximum Gasteiger partial charge on any atom is 0.227 e. The summed E-state index contributed by atoms with van der Waals surface area (Å²) >= 11 is 1.61. The van der Waals surface area contributed by atoms with E-state index in [0.717, 1.165) is 44.6 Å². The Kier molecular flexibility index (Phi) is 7.55. The Bertz CT molecular complexity index is 1380. The maximum absolute atomic E-state index is 9.46. The van der Waals surface area contributed by atoms with Crippen LogP contribution in [0.3, 0.4) is 0 Å². The van der Waals surface area contributed by atoms with Crippen LogP contribution >= 0.6 is 11.3 Å². The summed E-state index contributed by atoms with van der Waals surface area (Å²) in [5.41, 5.74) is 4.66. The van der Waals surface area contributed by atoms with Crippen molar-refractivity contribution in [3.63, 3.8) is 0 Å². The van der Waals surface area contributed by atoms with E-state index in [0.29, 0.717) is 22.9 Å². The first-order valence-electron chi connectivity index (χ1n) is 11.1. The SMILES string of the molecule is CCc1nc(-c2cc(C)cc(OC)c2)c(-c2ccnc(Nc3ccc(OCCO)c(C#N)c3)n2)s1. The van der Waals surface area contributed by atoms with E-state index in [4.69, 9.17) is 24.5 Å². The van der Waals surface area contributed by atoms with Gasteiger partial charge in [0.2, 0.25) is 5.95 Å². The Morgan fingerprint density at radius 3 is 2.74 bits per heavy atom. The molecule has 0 aliphatic rings. The molecule has 2 N–H and O–H groups in total. The molecule has 0 spiro atoms. The Hall–Kier alpha value is -4.00. The van der Waals surface area contributed by atoms with Gasteiger partial charge in [0, 0.05) is 17.4 Å². The van der Waals surface area contributed by atoms with Gasteiger partial charge in [0.05, 0.1) is 40.6 Å². The van der Waals surface area contributed by atoms with E-state index in [1.165, 1.54) is 0 Å². The topological polar surface area (TPSA) is 113 Å². The molecule has 0 bridgehead atoms. The first-order valence-corrected chi connectivity index (χ1v) is 11.9. The van der Waals surface area contributed by atoms with E-state index < -0.39 is 0 Å². The van der Waals surface area contributed by atoms with Gasteiger partial charge in [-0.2, -0.15) is 5.26 Å². The van der Waals surface area contributed by atoms with Crippen molar-refractivity contribution in [1.82, 2.24) is 15.0 Å². The van der Waals surface area contributed by atoms with E-state index in [2.05, 4.69) is 29.4 Å². The monoisotopic (exact) mass is 487 g/mol. The number of aryl methyl sites for hydroxylation is 2. The molecule has 4 aromatic rings. The number of nitrogens with zero attached hydrogens (tertiary/aromatic N) is 4. The third kappa shape index (κ3) is 5.57. The number of nitriles is 1. The largest absolute Gasteiger partial charge is 0.497 e. The second-order valence-electron chi connectivity index (χ2n) is 7.66. The number of nitrogens with one attached hydrogen (secondary N) is 1. The molecule has 0 saturated heterocycles. The number of aliphatic hydroxyl groups excluding tert-OH is 1. The summed E-state index contributed by atoms with van der Waals surface area (Å²) < 4.78 is 10.9. The van der Waals surface area contributed by atoms with Crippen LogP contribution in [0.2, 0.25) is 0 Å². The quantitative estimate of drug-likeness (QED) is 0.334. The van der Waals surface area contributed by atoms with E-state index in [1.807, 2.05) is 25.1 Å². The highest BCUT2D eigenvalue weighted by molar-refractivity contribution is 7.15. The van der Waals surface area contributed by atoms with Crippen LogP contribution in [0.25, 0.3) is 21.8 Å². The molecule has 0 aliphatic carbocycles. The van der Waals surface area contributed by atoms with Crippen molar-refractivity contribution in [3.05, 3.63) is 64.8 Å². The van der Waals surface area contributed by atoms with Crippen molar-refractivity contribution < 1.29 is 14.6 Å². The second kappa shape index (κ2) is 11.0. The van der Waals surface area contributed by atoms with Crippen molar-refractivity contribution >= 4 is 23.0 Å². The molecular weight excluding hydrogens is 462 g/mol. The van der Waals surface area contributed by atoms with Crippen molar-refractivity contribution in [3.8, 4) is 39.4 Å². The van der Waals surface area contributed by atoms with Crippen LogP contribution in [-0.4, -0.2) is 40.4 Å². The van der Waals surface area contributed by atoms with Gasteiger partial charge in [-0.3, -0.25) is 0 Å². The molecule has 2 heterocycles. The first-order chi connectivity index (χ1) is 17.0. The zero-order valence-corrected chi connectivity index (χ0v) is 20.5. The lowest BCUT2D eigenvalue weighted by molar-refractivity contribution is 0.201. The van der Waals surface area contributed by atoms with Gasteiger partial charge in [0.25, 0.3) is 0 Å². The molecule has 0 saturated carbocycles. The van der Waals surface area contributed by atoms with Crippen LogP contribution < -0.4 is 14.8 Å². The van der Waals surface area contributed by atoms with E-state index in [9.17, 15) is 5.26 Å². The third-order valence-corrected chi connectivity index (χ3v) is 6.35. The van der Waals surface area contributed by atoms with E-state index in [1.54, 1.807) is 42.8 Å². The number of ether oxygens (including phenoxy) is 2. The van der Waals surface area contributed by atoms with Gasteiger partial charge < -0.3 is 19.9 Å². The lowest BCUT2D eigenvalue weighted by atomic mass is 10.1. The molecule has 0 amide bonds. The number of aliphatic hydroxyl groups is 1. The van der Waals surface area contributed by atoms with E-state index in [-0.39, 0.29) is 13.2 Å². The predicted molar refractivity (Wildman–Crippen MR) is 136 cm³/mol. The van der Waals surface area contributed by atoms with Gasteiger partial charge in [-0.1, -0.05) is 6.92 Å². The molecule has 0 aliphatic heterocycles. The normalized spacial score (nSPS) is 10.6. The number of anilines is 2. The smallest absolute Gasteiger partial charge is 0.227 e. The van der Waals surface area contributed by atoms with Crippen LogP contribution in [0.5, 0.6) is 11.5 Å². The standard InChI is InChI=1S/C26H25N5O3S/c1-4-23-31-24(17-11-16(2)12-20(14-17)33-3)25(35-23)21-7-8-28-26(30-21)29-19-5-6-22(34-10-9-32)18(13-19)15-27/h5-8,11-14,32H,4,9-10H2,1-3H3,(H,28,29,30). The van der Waals surface area contributed by atoms with Crippen LogP contribution in [0.1, 0.15) is 23.1 Å². The fourth-order valence-electron chi connectivity index (χ4n) is 3.54. The zero-order valence-electron chi connectivity index (χ0n) is 19.7. The minimum absolute atomic E-state index is 0.121. The second-order valence-corrected chi connectivity index (χ2v) is 8.75. The van der Waals surface area contributed by atoms with Crippen LogP contribution in [0.15, 0.2) is 48.7 Å². The Morgan fingerprint density at radius 2 is 2.00 bits per heavy atom. The summed E-state index contributed by atoms with van der Waals surface area (Å²) in [5.74, 6) is 1.59. The molecule has 4 rings (SSSR count). The van der Waals surface area contributed by atoms with Gasteiger partial charge in [0.15, 0.2) is 0 Å². The van der Waals surface area contributed by atoms with Gasteiger partial charge in [-0.15, -0.1) is 11.3 Å². The molecular formula is C26H25N5O3S. The van der Waals surface area contributed by atoms with Gasteiger partial charge in [-0.25, -0.2) is 15.0 Å². The Labute approximate surface area is 207 Å². The minimum Gasteiger partial charge on any atom is -0.497 e. The van der Waals surface area contributed by atoms with Crippen molar-refractivity contribution in [2.75, 3.05) is 25.6 Å². The van der Waals surface area contributed by atoms with Crippen LogP contribution in [0, 0.1) is 18.3 Å². The molecule has 0 atom stereocenters. The fraction of sp³-hybridized carbons (Fsp3) is 0.231. The average Bonchev–Trinajstić information content (AvgIpc) is 3.32. The number of rotatable bonds is 9. The molecule has 178 valence electrons. The summed E-state index contributed by atoms with van der Waals surface area (Å²) in [4.78, 5) is 14.9. The lowest BCUT2D eigenvalue weighted by Gasteiger charge is -2.10. The number of aromatic nitrogens is 3. The van der Waals surface area contributed by atoms with E-state index >= 15 is 0 Å². The minimum atomic E-state index is -0.125. The maximum atomic E-state index is 9.46. The summed E-state index contributed by atoms with van der Waals surface area (Å²) in [6.45, 7) is 4.11. The van der Waals surface area contributed by atoms with Crippen LogP contribution in [0.4, 0.5) is 11.6 Å². The van der Waals surface area contributed by atoms with Gasteiger partial charge >= 0.3 is 0 Å². The number of thiazole rings is 1. The highest BCUT2D eigenvalue weighted by Crippen LogP contribution is 2.38. The summed E-state index contributed by atoms with van der Waals surface area (Å²) in [5, 5.41) is 22.6. The van der Waals surface area contributed by atoms with Crippen molar-refractivity contribution in [2.45, 2.75) is 20.3 Å². The number of methoxy groups -OCH3 is 1. The zero-order chi connectivity index (χ0) is 24.8. The fourth-order valence-corrected chi connectivity index (χ4v) is 4.53. The summed E-state index contributed by atoms with van der Waals surface area (Å²) in [6.07, 6.45) is 2.51. The molecule has 2 aromatic heterocycles. The number of hydrogen-bond donors (Lipinski definition) is 2. The highest BCUT2D eigenvalue weighted by Gasteiger charge is 2.17. The lowest BCUT2D eigenvalue weighted by Crippen LogP contribution is -2.04. The van der Waals surface area contributed by atoms with Gasteiger partial charge in [-0.05, 0) is 61.4 Å². The number of hydrogen-bond acceptors (Lipinski definition) is 9. The molecule has 8 nitrogen and oxygen atoms in total. The molecule has 0 fully saturated rings. The predicted octanol–water partition coefficient (Wildman–Crippen LogP) is 5.13. The number of benzene rings is 2.